The van der Waals surface area contributed by atoms with Gasteiger partial charge in [-0.3, -0.25) is 0 Å². The lowest BCUT2D eigenvalue weighted by Gasteiger charge is -2.17. The van der Waals surface area contributed by atoms with Crippen LogP contribution in [0.4, 0.5) is 0 Å². The molecule has 0 unspecified atom stereocenters. The first-order valence-electron chi connectivity index (χ1n) is 5.01. The standard InChI is InChI=1S/C12H12ClIN2/c1-12(2,3)11-15-9-5-4-7(14)6-8(9)10(13)16-11/h4-6H,1-3H3. The molecule has 0 bridgehead atoms. The summed E-state index contributed by atoms with van der Waals surface area (Å²) in [5.41, 5.74) is 0.825. The van der Waals surface area contributed by atoms with Gasteiger partial charge in [-0.1, -0.05) is 32.4 Å². The van der Waals surface area contributed by atoms with Crippen LogP contribution in [0.5, 0.6) is 0 Å². The van der Waals surface area contributed by atoms with E-state index in [0.717, 1.165) is 20.3 Å². The molecular formula is C12H12ClIN2. The largest absolute Gasteiger partial charge is 0.232 e. The molecule has 84 valence electrons. The highest BCUT2D eigenvalue weighted by atomic mass is 127. The zero-order valence-corrected chi connectivity index (χ0v) is 12.3. The van der Waals surface area contributed by atoms with Gasteiger partial charge >= 0.3 is 0 Å². The Hall–Kier alpha value is -0.420. The van der Waals surface area contributed by atoms with Crippen molar-refractivity contribution < 1.29 is 0 Å². The van der Waals surface area contributed by atoms with E-state index in [4.69, 9.17) is 11.6 Å². The van der Waals surface area contributed by atoms with Gasteiger partial charge in [0, 0.05) is 14.4 Å². The van der Waals surface area contributed by atoms with Gasteiger partial charge in [0.15, 0.2) is 0 Å². The normalized spacial score (nSPS) is 12.1. The summed E-state index contributed by atoms with van der Waals surface area (Å²) in [5, 5.41) is 1.45. The van der Waals surface area contributed by atoms with Gasteiger partial charge in [-0.15, -0.1) is 0 Å². The van der Waals surface area contributed by atoms with Crippen LogP contribution >= 0.6 is 34.2 Å². The van der Waals surface area contributed by atoms with Crippen molar-refractivity contribution in [2.75, 3.05) is 0 Å². The molecule has 2 nitrogen and oxygen atoms in total. The minimum Gasteiger partial charge on any atom is -0.232 e. The first-order valence-corrected chi connectivity index (χ1v) is 6.47. The Morgan fingerprint density at radius 3 is 2.50 bits per heavy atom. The van der Waals surface area contributed by atoms with Crippen molar-refractivity contribution in [3.8, 4) is 0 Å². The van der Waals surface area contributed by atoms with E-state index in [2.05, 4.69) is 53.3 Å². The topological polar surface area (TPSA) is 25.8 Å². The van der Waals surface area contributed by atoms with Crippen LogP contribution in [0.25, 0.3) is 10.9 Å². The fraction of sp³-hybridized carbons (Fsp3) is 0.333. The van der Waals surface area contributed by atoms with Crippen molar-refractivity contribution >= 4 is 45.1 Å². The number of halogens is 2. The fourth-order valence-corrected chi connectivity index (χ4v) is 2.12. The zero-order valence-electron chi connectivity index (χ0n) is 9.38. The number of fused-ring (bicyclic) bond motifs is 1. The summed E-state index contributed by atoms with van der Waals surface area (Å²) in [6.45, 7) is 6.24. The minimum absolute atomic E-state index is 0.0825. The predicted molar refractivity (Wildman–Crippen MR) is 76.0 cm³/mol. The van der Waals surface area contributed by atoms with Crippen LogP contribution in [-0.2, 0) is 5.41 Å². The van der Waals surface area contributed by atoms with Crippen molar-refractivity contribution in [1.82, 2.24) is 9.97 Å². The third kappa shape index (κ3) is 2.30. The van der Waals surface area contributed by atoms with Crippen molar-refractivity contribution in [3.63, 3.8) is 0 Å². The molecule has 0 atom stereocenters. The third-order valence-electron chi connectivity index (χ3n) is 2.28. The Balaban J connectivity index is 2.74. The molecule has 0 radical (unpaired) electrons. The average Bonchev–Trinajstić information content (AvgIpc) is 2.17. The number of hydrogen-bond acceptors (Lipinski definition) is 2. The summed E-state index contributed by atoms with van der Waals surface area (Å²) in [6.07, 6.45) is 0. The lowest BCUT2D eigenvalue weighted by molar-refractivity contribution is 0.548. The molecule has 0 N–H and O–H groups in total. The lowest BCUT2D eigenvalue weighted by Crippen LogP contribution is -2.16. The summed E-state index contributed by atoms with van der Waals surface area (Å²) in [7, 11) is 0. The second-order valence-electron chi connectivity index (χ2n) is 4.75. The predicted octanol–water partition coefficient (Wildman–Crippen LogP) is 4.19. The van der Waals surface area contributed by atoms with Gasteiger partial charge in [-0.2, -0.15) is 0 Å². The molecule has 1 aromatic carbocycles. The molecule has 0 fully saturated rings. The molecule has 2 rings (SSSR count). The summed E-state index contributed by atoms with van der Waals surface area (Å²) in [5.74, 6) is 0.784. The van der Waals surface area contributed by atoms with Crippen molar-refractivity contribution in [2.45, 2.75) is 26.2 Å². The number of aromatic nitrogens is 2. The molecule has 0 saturated heterocycles. The molecule has 0 saturated carbocycles. The van der Waals surface area contributed by atoms with E-state index >= 15 is 0 Å². The van der Waals surface area contributed by atoms with Crippen LogP contribution in [0.3, 0.4) is 0 Å². The Morgan fingerprint density at radius 2 is 1.88 bits per heavy atom. The highest BCUT2D eigenvalue weighted by molar-refractivity contribution is 14.1. The van der Waals surface area contributed by atoms with Gasteiger partial charge in [0.25, 0.3) is 0 Å². The Morgan fingerprint density at radius 1 is 1.19 bits per heavy atom. The Kier molecular flexibility index (Phi) is 3.09. The summed E-state index contributed by atoms with van der Waals surface area (Å²) in [4.78, 5) is 8.91. The molecule has 16 heavy (non-hydrogen) atoms. The van der Waals surface area contributed by atoms with Crippen molar-refractivity contribution in [1.29, 1.82) is 0 Å². The van der Waals surface area contributed by atoms with Gasteiger partial charge in [-0.05, 0) is 40.8 Å². The number of nitrogens with zero attached hydrogens (tertiary/aromatic N) is 2. The van der Waals surface area contributed by atoms with E-state index in [1.807, 2.05) is 18.2 Å². The molecule has 4 heteroatoms. The van der Waals surface area contributed by atoms with Crippen LogP contribution in [0.2, 0.25) is 5.15 Å². The maximum absolute atomic E-state index is 6.19. The van der Waals surface area contributed by atoms with E-state index in [0.29, 0.717) is 5.15 Å². The van der Waals surface area contributed by atoms with E-state index in [1.54, 1.807) is 0 Å². The number of benzene rings is 1. The third-order valence-corrected chi connectivity index (χ3v) is 3.24. The first kappa shape index (κ1) is 12.0. The molecule has 0 aliphatic heterocycles. The summed E-state index contributed by atoms with van der Waals surface area (Å²) in [6, 6.07) is 6.02. The SMILES string of the molecule is CC(C)(C)c1nc(Cl)c2cc(I)ccc2n1. The summed E-state index contributed by atoms with van der Waals surface area (Å²) < 4.78 is 1.14. The highest BCUT2D eigenvalue weighted by Crippen LogP contribution is 2.26. The number of rotatable bonds is 0. The highest BCUT2D eigenvalue weighted by Gasteiger charge is 2.19. The summed E-state index contributed by atoms with van der Waals surface area (Å²) >= 11 is 8.44. The number of hydrogen-bond donors (Lipinski definition) is 0. The molecule has 0 spiro atoms. The van der Waals surface area contributed by atoms with Gasteiger partial charge in [0.1, 0.15) is 11.0 Å². The maximum Gasteiger partial charge on any atom is 0.140 e. The van der Waals surface area contributed by atoms with Crippen LogP contribution in [0.1, 0.15) is 26.6 Å². The molecule has 1 aromatic heterocycles. The van der Waals surface area contributed by atoms with E-state index < -0.39 is 0 Å². The van der Waals surface area contributed by atoms with Gasteiger partial charge in [0.05, 0.1) is 5.52 Å². The fourth-order valence-electron chi connectivity index (χ4n) is 1.40. The quantitative estimate of drug-likeness (QED) is 0.528. The smallest absolute Gasteiger partial charge is 0.140 e. The van der Waals surface area contributed by atoms with Gasteiger partial charge in [-0.25, -0.2) is 9.97 Å². The van der Waals surface area contributed by atoms with Gasteiger partial charge in [0.2, 0.25) is 0 Å². The van der Waals surface area contributed by atoms with Gasteiger partial charge < -0.3 is 0 Å². The van der Waals surface area contributed by atoms with Crippen LogP contribution < -0.4 is 0 Å². The zero-order chi connectivity index (χ0) is 11.9. The van der Waals surface area contributed by atoms with Crippen LogP contribution in [0, 0.1) is 3.57 Å². The Bertz CT molecular complexity index is 546. The maximum atomic E-state index is 6.19. The van der Waals surface area contributed by atoms with E-state index in [9.17, 15) is 0 Å². The molecule has 2 aromatic rings. The second-order valence-corrected chi connectivity index (χ2v) is 6.35. The molecule has 0 amide bonds. The molecule has 0 aliphatic rings. The minimum atomic E-state index is -0.0825. The van der Waals surface area contributed by atoms with E-state index in [-0.39, 0.29) is 5.41 Å². The molecular weight excluding hydrogens is 335 g/mol. The monoisotopic (exact) mass is 346 g/mol. The Labute approximate surface area is 114 Å². The second kappa shape index (κ2) is 4.11. The molecule has 0 aliphatic carbocycles. The molecule has 1 heterocycles. The average molecular weight is 347 g/mol. The first-order chi connectivity index (χ1) is 7.38. The van der Waals surface area contributed by atoms with Crippen LogP contribution in [-0.4, -0.2) is 9.97 Å². The van der Waals surface area contributed by atoms with Crippen molar-refractivity contribution in [2.24, 2.45) is 0 Å². The lowest BCUT2D eigenvalue weighted by atomic mass is 9.95. The van der Waals surface area contributed by atoms with E-state index in [1.165, 1.54) is 0 Å². The van der Waals surface area contributed by atoms with Crippen molar-refractivity contribution in [3.05, 3.63) is 32.7 Å². The van der Waals surface area contributed by atoms with Crippen LogP contribution in [0.15, 0.2) is 18.2 Å².